The van der Waals surface area contributed by atoms with Crippen molar-refractivity contribution in [1.29, 1.82) is 0 Å². The van der Waals surface area contributed by atoms with E-state index in [0.29, 0.717) is 36.7 Å². The molecule has 1 unspecified atom stereocenters. The van der Waals surface area contributed by atoms with Crippen molar-refractivity contribution in [3.05, 3.63) is 17.7 Å². The number of hydrogen-bond acceptors (Lipinski definition) is 4. The molecule has 0 aromatic heterocycles. The smallest absolute Gasteiger partial charge is 0.412 e. The predicted molar refractivity (Wildman–Crippen MR) is 82.2 cm³/mol. The zero-order chi connectivity index (χ0) is 16.5. The maximum Gasteiger partial charge on any atom is 0.412 e. The Bertz CT molecular complexity index is 591. The molecule has 1 aromatic carbocycles. The van der Waals surface area contributed by atoms with Crippen LogP contribution < -0.4 is 14.4 Å². The summed E-state index contributed by atoms with van der Waals surface area (Å²) in [6, 6.07) is 2.57. The minimum atomic E-state index is -1.18. The topological polar surface area (TPSA) is 76.1 Å². The summed E-state index contributed by atoms with van der Waals surface area (Å²) in [6.45, 7) is 8.32. The summed E-state index contributed by atoms with van der Waals surface area (Å²) in [5.41, 5.74) is 0.794. The Morgan fingerprint density at radius 2 is 1.95 bits per heavy atom. The van der Waals surface area contributed by atoms with Gasteiger partial charge < -0.3 is 19.4 Å². The van der Waals surface area contributed by atoms with Gasteiger partial charge in [-0.1, -0.05) is 20.8 Å². The Morgan fingerprint density at radius 3 is 2.50 bits per heavy atom. The molecule has 0 saturated heterocycles. The molecule has 0 fully saturated rings. The Hall–Kier alpha value is -2.24. The van der Waals surface area contributed by atoms with Crippen LogP contribution >= 0.6 is 0 Å². The lowest BCUT2D eigenvalue weighted by atomic mass is 9.84. The van der Waals surface area contributed by atoms with Gasteiger partial charge in [0.1, 0.15) is 19.5 Å². The maximum atomic E-state index is 11.6. The molecule has 0 aliphatic carbocycles. The predicted octanol–water partition coefficient (Wildman–Crippen LogP) is 2.83. The number of fused-ring (bicyclic) bond motifs is 1. The molecule has 120 valence electrons. The minimum absolute atomic E-state index is 0.377. The summed E-state index contributed by atoms with van der Waals surface area (Å²) in [5.74, 6) is 1.16. The molecule has 1 N–H and O–H groups in total. The Kier molecular flexibility index (Phi) is 4.30. The number of aldehydes is 1. The van der Waals surface area contributed by atoms with E-state index >= 15 is 0 Å². The second-order valence-corrected chi connectivity index (χ2v) is 6.26. The van der Waals surface area contributed by atoms with Crippen molar-refractivity contribution in [1.82, 2.24) is 0 Å². The summed E-state index contributed by atoms with van der Waals surface area (Å²) in [4.78, 5) is 23.8. The Labute approximate surface area is 129 Å². The zero-order valence-electron chi connectivity index (χ0n) is 13.3. The molecule has 1 aliphatic heterocycles. The number of nitrogens with zero attached hydrogens (tertiary/aromatic N) is 1. The highest BCUT2D eigenvalue weighted by atomic mass is 16.6. The van der Waals surface area contributed by atoms with Crippen molar-refractivity contribution < 1.29 is 24.2 Å². The fourth-order valence-corrected chi connectivity index (χ4v) is 2.59. The molecule has 1 amide bonds. The van der Waals surface area contributed by atoms with Gasteiger partial charge in [0.05, 0.1) is 11.7 Å². The lowest BCUT2D eigenvalue weighted by Crippen LogP contribution is -2.40. The van der Waals surface area contributed by atoms with Gasteiger partial charge >= 0.3 is 6.09 Å². The number of carbonyl (C=O) groups is 2. The average molecular weight is 307 g/mol. The molecule has 6 heteroatoms. The van der Waals surface area contributed by atoms with Crippen molar-refractivity contribution in [2.24, 2.45) is 0 Å². The first-order chi connectivity index (χ1) is 10.3. The minimum Gasteiger partial charge on any atom is -0.486 e. The molecule has 0 bridgehead atoms. The van der Waals surface area contributed by atoms with Gasteiger partial charge in [-0.05, 0) is 24.5 Å². The van der Waals surface area contributed by atoms with Gasteiger partial charge in [0.2, 0.25) is 0 Å². The number of ether oxygens (including phenoxy) is 2. The molecule has 1 aromatic rings. The highest BCUT2D eigenvalue weighted by Gasteiger charge is 2.33. The first kappa shape index (κ1) is 16.1. The molecule has 0 saturated carbocycles. The van der Waals surface area contributed by atoms with E-state index in [9.17, 15) is 14.7 Å². The number of benzene rings is 1. The molecule has 6 nitrogen and oxygen atoms in total. The fraction of sp³-hybridized carbons (Fsp3) is 0.500. The molecule has 2 rings (SSSR count). The number of carboxylic acid groups (broad SMARTS) is 1. The van der Waals surface area contributed by atoms with Crippen LogP contribution in [-0.2, 0) is 10.2 Å². The van der Waals surface area contributed by atoms with Gasteiger partial charge in [0, 0.05) is 5.56 Å². The third-order valence-electron chi connectivity index (χ3n) is 3.51. The Morgan fingerprint density at radius 1 is 1.32 bits per heavy atom. The van der Waals surface area contributed by atoms with E-state index in [0.717, 1.165) is 10.5 Å². The van der Waals surface area contributed by atoms with Gasteiger partial charge in [0.15, 0.2) is 11.5 Å². The highest BCUT2D eigenvalue weighted by molar-refractivity contribution is 5.93. The van der Waals surface area contributed by atoms with Gasteiger partial charge in [-0.3, -0.25) is 4.90 Å². The van der Waals surface area contributed by atoms with Crippen molar-refractivity contribution in [3.8, 4) is 11.5 Å². The number of carbonyl (C=O) groups excluding carboxylic acids is 1. The monoisotopic (exact) mass is 307 g/mol. The van der Waals surface area contributed by atoms with Crippen molar-refractivity contribution in [3.63, 3.8) is 0 Å². The molecule has 1 atom stereocenters. The largest absolute Gasteiger partial charge is 0.486 e. The zero-order valence-corrected chi connectivity index (χ0v) is 13.3. The maximum absolute atomic E-state index is 11.6. The van der Waals surface area contributed by atoms with Crippen LogP contribution in [0.15, 0.2) is 12.1 Å². The molecule has 1 heterocycles. The van der Waals surface area contributed by atoms with E-state index in [1.165, 1.54) is 0 Å². The third kappa shape index (κ3) is 2.86. The van der Waals surface area contributed by atoms with E-state index in [1.54, 1.807) is 19.1 Å². The van der Waals surface area contributed by atoms with E-state index in [-0.39, 0.29) is 5.41 Å². The van der Waals surface area contributed by atoms with Crippen molar-refractivity contribution >= 4 is 18.1 Å². The number of rotatable bonds is 3. The second kappa shape index (κ2) is 5.87. The van der Waals surface area contributed by atoms with Crippen molar-refractivity contribution in [2.45, 2.75) is 39.2 Å². The molecule has 0 spiro atoms. The van der Waals surface area contributed by atoms with Crippen LogP contribution in [0.2, 0.25) is 0 Å². The molecule has 22 heavy (non-hydrogen) atoms. The van der Waals surface area contributed by atoms with Gasteiger partial charge in [-0.15, -0.1) is 0 Å². The summed E-state index contributed by atoms with van der Waals surface area (Å²) >= 11 is 0. The SMILES string of the molecule is CC(C=O)N(C(=O)O)c1ccc2c(c1C(C)(C)C)OCCO2. The van der Waals surface area contributed by atoms with E-state index in [4.69, 9.17) is 9.47 Å². The average Bonchev–Trinajstić information content (AvgIpc) is 2.45. The summed E-state index contributed by atoms with van der Waals surface area (Å²) in [7, 11) is 0. The highest BCUT2D eigenvalue weighted by Crippen LogP contribution is 2.46. The summed E-state index contributed by atoms with van der Waals surface area (Å²) < 4.78 is 11.3. The first-order valence-electron chi connectivity index (χ1n) is 7.18. The van der Waals surface area contributed by atoms with Crippen LogP contribution in [0.1, 0.15) is 33.3 Å². The normalized spacial score (nSPS) is 15.1. The lowest BCUT2D eigenvalue weighted by molar-refractivity contribution is -0.108. The molecular formula is C16H21NO5. The van der Waals surface area contributed by atoms with Crippen LogP contribution in [0, 0.1) is 0 Å². The third-order valence-corrected chi connectivity index (χ3v) is 3.51. The van der Waals surface area contributed by atoms with E-state index in [1.807, 2.05) is 20.8 Å². The quantitative estimate of drug-likeness (QED) is 0.869. The number of anilines is 1. The first-order valence-corrected chi connectivity index (χ1v) is 7.18. The number of hydrogen-bond donors (Lipinski definition) is 1. The van der Waals surface area contributed by atoms with E-state index < -0.39 is 12.1 Å². The van der Waals surface area contributed by atoms with Crippen LogP contribution in [0.3, 0.4) is 0 Å². The molecule has 0 radical (unpaired) electrons. The number of amides is 1. The molecule has 1 aliphatic rings. The summed E-state index contributed by atoms with van der Waals surface area (Å²) in [5, 5.41) is 9.52. The fourth-order valence-electron chi connectivity index (χ4n) is 2.59. The van der Waals surface area contributed by atoms with Crippen LogP contribution in [0.25, 0.3) is 0 Å². The van der Waals surface area contributed by atoms with Crippen LogP contribution in [-0.4, -0.2) is 36.7 Å². The Balaban J connectivity index is 2.69. The standard InChI is InChI=1S/C16H21NO5/c1-10(9-18)17(15(19)20)11-5-6-12-14(22-8-7-21-12)13(11)16(2,3)4/h5-6,9-10H,7-8H2,1-4H3,(H,19,20). The van der Waals surface area contributed by atoms with Crippen LogP contribution in [0.5, 0.6) is 11.5 Å². The van der Waals surface area contributed by atoms with Gasteiger partial charge in [0.25, 0.3) is 0 Å². The second-order valence-electron chi connectivity index (χ2n) is 6.26. The van der Waals surface area contributed by atoms with Crippen molar-refractivity contribution in [2.75, 3.05) is 18.1 Å². The molecular weight excluding hydrogens is 286 g/mol. The summed E-state index contributed by atoms with van der Waals surface area (Å²) in [6.07, 6.45) is -0.570. The van der Waals surface area contributed by atoms with Gasteiger partial charge in [-0.2, -0.15) is 0 Å². The van der Waals surface area contributed by atoms with E-state index in [2.05, 4.69) is 0 Å². The van der Waals surface area contributed by atoms with Gasteiger partial charge in [-0.25, -0.2) is 4.79 Å². The van der Waals surface area contributed by atoms with Crippen LogP contribution in [0.4, 0.5) is 10.5 Å². The lowest BCUT2D eigenvalue weighted by Gasteiger charge is -2.33.